The highest BCUT2D eigenvalue weighted by Crippen LogP contribution is 2.27. The van der Waals surface area contributed by atoms with Crippen LogP contribution in [0.15, 0.2) is 34.7 Å². The Balaban J connectivity index is 1.74. The number of carbonyl (C=O) groups is 2. The fourth-order valence-electron chi connectivity index (χ4n) is 1.48. The quantitative estimate of drug-likeness (QED) is 0.656. The number of alkyl halides is 3. The first-order valence-corrected chi connectivity index (χ1v) is 8.55. The Morgan fingerprint density at radius 1 is 1.16 bits per heavy atom. The molecule has 1 heterocycles. The molecule has 1 aromatic carbocycles. The fourth-order valence-corrected chi connectivity index (χ4v) is 3.05. The Morgan fingerprint density at radius 3 is 2.56 bits per heavy atom. The minimum Gasteiger partial charge on any atom is -0.330 e. The van der Waals surface area contributed by atoms with Gasteiger partial charge < -0.3 is 10.6 Å². The van der Waals surface area contributed by atoms with Gasteiger partial charge in [0.2, 0.25) is 11.0 Å². The third kappa shape index (κ3) is 7.39. The van der Waals surface area contributed by atoms with Gasteiger partial charge in [-0.15, -0.1) is 10.2 Å². The molecule has 1 aromatic heterocycles. The number of rotatable bonds is 6. The number of anilines is 2. The van der Waals surface area contributed by atoms with Crippen LogP contribution in [-0.2, 0) is 4.79 Å². The van der Waals surface area contributed by atoms with E-state index in [1.807, 2.05) is 30.3 Å². The molecule has 0 spiro atoms. The largest absolute Gasteiger partial charge is 0.405 e. The average molecular weight is 391 g/mol. The van der Waals surface area contributed by atoms with E-state index in [0.717, 1.165) is 17.4 Å². The van der Waals surface area contributed by atoms with E-state index < -0.39 is 24.7 Å². The summed E-state index contributed by atoms with van der Waals surface area (Å²) in [4.78, 5) is 22.6. The first-order chi connectivity index (χ1) is 11.8. The smallest absolute Gasteiger partial charge is 0.330 e. The van der Waals surface area contributed by atoms with E-state index in [-0.39, 0.29) is 5.75 Å². The lowest BCUT2D eigenvalue weighted by molar-refractivity contribution is -0.124. The summed E-state index contributed by atoms with van der Waals surface area (Å²) in [6.45, 7) is -1.51. The number of imide groups is 1. The lowest BCUT2D eigenvalue weighted by Gasteiger charge is -2.08. The Bertz CT molecular complexity index is 724. The number of hydrogen-bond donors (Lipinski definition) is 3. The summed E-state index contributed by atoms with van der Waals surface area (Å²) >= 11 is 2.22. The van der Waals surface area contributed by atoms with Crippen molar-refractivity contribution < 1.29 is 22.8 Å². The van der Waals surface area contributed by atoms with Gasteiger partial charge in [-0.1, -0.05) is 41.3 Å². The number of carbonyl (C=O) groups excluding carboxylic acids is 2. The molecule has 0 aliphatic rings. The van der Waals surface area contributed by atoms with Crippen molar-refractivity contribution in [2.24, 2.45) is 0 Å². The molecule has 0 bridgehead atoms. The van der Waals surface area contributed by atoms with E-state index in [1.165, 1.54) is 11.3 Å². The second-order valence-electron chi connectivity index (χ2n) is 4.50. The molecule has 0 aliphatic heterocycles. The molecule has 0 radical (unpaired) electrons. The maximum atomic E-state index is 11.9. The van der Waals surface area contributed by atoms with Crippen molar-refractivity contribution in [3.8, 4) is 0 Å². The minimum absolute atomic E-state index is 0.181. The third-order valence-corrected chi connectivity index (χ3v) is 4.43. The molecule has 7 nitrogen and oxygen atoms in total. The predicted molar refractivity (Wildman–Crippen MR) is 88.0 cm³/mol. The lowest BCUT2D eigenvalue weighted by atomic mass is 10.3. The zero-order valence-electron chi connectivity index (χ0n) is 12.5. The van der Waals surface area contributed by atoms with E-state index in [4.69, 9.17) is 0 Å². The third-order valence-electron chi connectivity index (χ3n) is 2.46. The summed E-state index contributed by atoms with van der Waals surface area (Å²) in [5, 5.41) is 14.7. The number of hydrogen-bond acceptors (Lipinski definition) is 7. The maximum Gasteiger partial charge on any atom is 0.405 e. The first-order valence-electron chi connectivity index (χ1n) is 6.74. The normalized spacial score (nSPS) is 11.0. The molecule has 0 unspecified atom stereocenters. The molecule has 0 saturated heterocycles. The molecule has 3 N–H and O–H groups in total. The predicted octanol–water partition coefficient (Wildman–Crippen LogP) is 2.76. The number of nitrogens with one attached hydrogen (secondary N) is 3. The van der Waals surface area contributed by atoms with Crippen LogP contribution in [0.25, 0.3) is 0 Å². The molecule has 2 rings (SSSR count). The molecular weight excluding hydrogens is 379 g/mol. The van der Waals surface area contributed by atoms with Crippen LogP contribution in [0, 0.1) is 0 Å². The van der Waals surface area contributed by atoms with Crippen molar-refractivity contribution in [1.29, 1.82) is 0 Å². The van der Waals surface area contributed by atoms with Crippen molar-refractivity contribution >= 4 is 45.9 Å². The van der Waals surface area contributed by atoms with Crippen molar-refractivity contribution in [3.63, 3.8) is 0 Å². The summed E-state index contributed by atoms with van der Waals surface area (Å²) in [7, 11) is 0. The van der Waals surface area contributed by atoms with E-state index in [2.05, 4.69) is 15.5 Å². The summed E-state index contributed by atoms with van der Waals surface area (Å²) in [6.07, 6.45) is -4.54. The van der Waals surface area contributed by atoms with Gasteiger partial charge in [0.15, 0.2) is 4.34 Å². The number of benzene rings is 1. The summed E-state index contributed by atoms with van der Waals surface area (Å²) in [5.41, 5.74) is 0.828. The van der Waals surface area contributed by atoms with Crippen molar-refractivity contribution in [3.05, 3.63) is 30.3 Å². The molecule has 134 valence electrons. The molecule has 12 heteroatoms. The number of aromatic nitrogens is 2. The topological polar surface area (TPSA) is 96.0 Å². The maximum absolute atomic E-state index is 11.9. The molecule has 25 heavy (non-hydrogen) atoms. The van der Waals surface area contributed by atoms with Crippen molar-refractivity contribution in [2.75, 3.05) is 17.6 Å². The van der Waals surface area contributed by atoms with Crippen LogP contribution in [0.4, 0.5) is 28.8 Å². The van der Waals surface area contributed by atoms with E-state index >= 15 is 0 Å². The van der Waals surface area contributed by atoms with Gasteiger partial charge in [0.1, 0.15) is 6.54 Å². The molecule has 3 amide bonds. The number of nitrogens with zero attached hydrogens (tertiary/aromatic N) is 2. The van der Waals surface area contributed by atoms with Gasteiger partial charge in [-0.2, -0.15) is 13.2 Å². The van der Waals surface area contributed by atoms with Gasteiger partial charge in [-0.3, -0.25) is 10.1 Å². The number of para-hydroxylation sites is 1. The van der Waals surface area contributed by atoms with E-state index in [9.17, 15) is 22.8 Å². The van der Waals surface area contributed by atoms with E-state index in [1.54, 1.807) is 10.6 Å². The monoisotopic (exact) mass is 391 g/mol. The van der Waals surface area contributed by atoms with Crippen molar-refractivity contribution in [2.45, 2.75) is 10.5 Å². The molecular formula is C13H12F3N5O2S2. The van der Waals surface area contributed by atoms with Crippen LogP contribution in [0.5, 0.6) is 0 Å². The molecule has 0 atom stereocenters. The van der Waals surface area contributed by atoms with Gasteiger partial charge in [-0.05, 0) is 12.1 Å². The van der Waals surface area contributed by atoms with E-state index in [0.29, 0.717) is 9.47 Å². The number of amides is 3. The molecule has 0 fully saturated rings. The number of thioether (sulfide) groups is 1. The van der Waals surface area contributed by atoms with Crippen LogP contribution >= 0.6 is 23.1 Å². The SMILES string of the molecule is O=C(CSc1nnc(Nc2ccccc2)s1)NC(=O)NCC(F)(F)F. The van der Waals surface area contributed by atoms with Crippen LogP contribution in [0.2, 0.25) is 0 Å². The van der Waals surface area contributed by atoms with Crippen LogP contribution in [-0.4, -0.2) is 40.6 Å². The standard InChI is InChI=1S/C13H12F3N5O2S2/c14-13(15,16)7-17-10(23)19-9(22)6-24-12-21-20-11(25-12)18-8-4-2-1-3-5-8/h1-5H,6-7H2,(H,18,20)(H2,17,19,22,23). The second kappa shape index (κ2) is 8.67. The number of urea groups is 1. The highest BCUT2D eigenvalue weighted by atomic mass is 32.2. The zero-order valence-corrected chi connectivity index (χ0v) is 14.1. The zero-order chi connectivity index (χ0) is 18.3. The summed E-state index contributed by atoms with van der Waals surface area (Å²) in [5.74, 6) is -0.920. The molecule has 0 aliphatic carbocycles. The fraction of sp³-hybridized carbons (Fsp3) is 0.231. The summed E-state index contributed by atoms with van der Waals surface area (Å²) in [6, 6.07) is 8.07. The molecule has 2 aromatic rings. The summed E-state index contributed by atoms with van der Waals surface area (Å²) < 4.78 is 36.3. The Labute approximate surface area is 148 Å². The highest BCUT2D eigenvalue weighted by Gasteiger charge is 2.27. The van der Waals surface area contributed by atoms with Crippen molar-refractivity contribution in [1.82, 2.24) is 20.8 Å². The Hall–Kier alpha value is -2.34. The average Bonchev–Trinajstić information content (AvgIpc) is 2.99. The molecule has 0 saturated carbocycles. The second-order valence-corrected chi connectivity index (χ2v) is 6.70. The Morgan fingerprint density at radius 2 is 1.88 bits per heavy atom. The van der Waals surface area contributed by atoms with Crippen LogP contribution < -0.4 is 16.0 Å². The number of halogens is 3. The van der Waals surface area contributed by atoms with Gasteiger partial charge in [-0.25, -0.2) is 4.79 Å². The Kier molecular flexibility index (Phi) is 6.58. The first kappa shape index (κ1) is 19.0. The van der Waals surface area contributed by atoms with Gasteiger partial charge in [0.05, 0.1) is 5.75 Å². The van der Waals surface area contributed by atoms with Gasteiger partial charge in [0.25, 0.3) is 0 Å². The lowest BCUT2D eigenvalue weighted by Crippen LogP contribution is -2.43. The van der Waals surface area contributed by atoms with Crippen LogP contribution in [0.3, 0.4) is 0 Å². The van der Waals surface area contributed by atoms with Gasteiger partial charge >= 0.3 is 12.2 Å². The highest BCUT2D eigenvalue weighted by molar-refractivity contribution is 8.01. The van der Waals surface area contributed by atoms with Crippen LogP contribution in [0.1, 0.15) is 0 Å². The minimum atomic E-state index is -4.54. The van der Waals surface area contributed by atoms with Gasteiger partial charge in [0, 0.05) is 5.69 Å².